The van der Waals surface area contributed by atoms with E-state index in [-0.39, 0.29) is 0 Å². The molecule has 0 saturated carbocycles. The number of thiazole rings is 1. The average molecular weight is 193 g/mol. The zero-order valence-electron chi connectivity index (χ0n) is 6.68. The summed E-state index contributed by atoms with van der Waals surface area (Å²) in [5, 5.41) is 6.17. The van der Waals surface area contributed by atoms with Crippen LogP contribution in [0.15, 0.2) is 22.2 Å². The van der Waals surface area contributed by atoms with Gasteiger partial charge in [-0.05, 0) is 12.2 Å². The van der Waals surface area contributed by atoms with E-state index in [0.29, 0.717) is 5.13 Å². The molecule has 0 atom stereocenters. The van der Waals surface area contributed by atoms with Crippen LogP contribution in [0.4, 0.5) is 5.13 Å². The number of nitrogens with two attached hydrogens (primary N) is 1. The van der Waals surface area contributed by atoms with Crippen molar-refractivity contribution in [2.24, 2.45) is 0 Å². The Hall–Kier alpha value is -1.62. The molecule has 0 aliphatic rings. The fourth-order valence-electron chi connectivity index (χ4n) is 0.856. The molecule has 0 unspecified atom stereocenters. The van der Waals surface area contributed by atoms with E-state index >= 15 is 0 Å². The van der Waals surface area contributed by atoms with Gasteiger partial charge in [0, 0.05) is 11.4 Å². The largest absolute Gasteiger partial charge is 0.375 e. The maximum absolute atomic E-state index is 5.47. The quantitative estimate of drug-likeness (QED) is 0.790. The minimum atomic E-state index is 0.569. The Balaban J connectivity index is 2.14. The maximum atomic E-state index is 5.47. The van der Waals surface area contributed by atoms with E-state index in [0.717, 1.165) is 11.4 Å². The van der Waals surface area contributed by atoms with Crippen molar-refractivity contribution >= 4 is 28.6 Å². The van der Waals surface area contributed by atoms with E-state index in [1.54, 1.807) is 6.07 Å². The van der Waals surface area contributed by atoms with Crippen molar-refractivity contribution in [2.45, 2.75) is 0 Å². The molecule has 66 valence electrons. The zero-order valence-corrected chi connectivity index (χ0v) is 7.49. The Kier molecular flexibility index (Phi) is 2.09. The smallest absolute Gasteiger partial charge is 0.180 e. The molecule has 2 N–H and O–H groups in total. The molecule has 2 aromatic heterocycles. The summed E-state index contributed by atoms with van der Waals surface area (Å²) in [7, 11) is 0. The topological polar surface area (TPSA) is 64.9 Å². The van der Waals surface area contributed by atoms with Crippen LogP contribution in [-0.4, -0.2) is 10.1 Å². The van der Waals surface area contributed by atoms with E-state index in [1.807, 2.05) is 17.5 Å². The molecule has 5 heteroatoms. The molecule has 0 radical (unpaired) electrons. The standard InChI is InChI=1S/C8H7N3OS/c9-8-10-7(5-13-8)2-1-6-3-4-12-11-6/h1-5H,(H2,9,10). The molecular formula is C8H7N3OS. The molecule has 0 aromatic carbocycles. The highest BCUT2D eigenvalue weighted by atomic mass is 32.1. The van der Waals surface area contributed by atoms with Crippen molar-refractivity contribution in [1.29, 1.82) is 0 Å². The molecule has 13 heavy (non-hydrogen) atoms. The molecule has 0 aliphatic heterocycles. The van der Waals surface area contributed by atoms with Gasteiger partial charge < -0.3 is 10.3 Å². The highest BCUT2D eigenvalue weighted by molar-refractivity contribution is 7.13. The summed E-state index contributed by atoms with van der Waals surface area (Å²) in [5.41, 5.74) is 7.08. The number of nitrogens with zero attached hydrogens (tertiary/aromatic N) is 2. The summed E-state index contributed by atoms with van der Waals surface area (Å²) < 4.78 is 4.66. The van der Waals surface area contributed by atoms with Crippen LogP contribution in [0.25, 0.3) is 12.2 Å². The van der Waals surface area contributed by atoms with Crippen LogP contribution >= 0.6 is 11.3 Å². The van der Waals surface area contributed by atoms with Crippen LogP contribution in [0.2, 0.25) is 0 Å². The van der Waals surface area contributed by atoms with Crippen LogP contribution in [0.1, 0.15) is 11.4 Å². The molecule has 0 spiro atoms. The summed E-state index contributed by atoms with van der Waals surface area (Å²) in [6.07, 6.45) is 5.18. The van der Waals surface area contributed by atoms with Crippen LogP contribution in [-0.2, 0) is 0 Å². The van der Waals surface area contributed by atoms with Gasteiger partial charge in [-0.1, -0.05) is 5.16 Å². The molecule has 2 aromatic rings. The van der Waals surface area contributed by atoms with Gasteiger partial charge in [0.05, 0.1) is 5.69 Å². The summed E-state index contributed by atoms with van der Waals surface area (Å²) in [6, 6.07) is 1.77. The van der Waals surface area contributed by atoms with Gasteiger partial charge >= 0.3 is 0 Å². The predicted molar refractivity (Wildman–Crippen MR) is 52.0 cm³/mol. The Labute approximate surface area is 78.7 Å². The van der Waals surface area contributed by atoms with E-state index in [9.17, 15) is 0 Å². The molecular weight excluding hydrogens is 186 g/mol. The van der Waals surface area contributed by atoms with Gasteiger partial charge in [-0.15, -0.1) is 11.3 Å². The Bertz CT molecular complexity index is 405. The highest BCUT2D eigenvalue weighted by Gasteiger charge is 1.94. The normalized spacial score (nSPS) is 11.1. The van der Waals surface area contributed by atoms with Crippen LogP contribution in [0.5, 0.6) is 0 Å². The number of aromatic nitrogens is 2. The number of hydrogen-bond donors (Lipinski definition) is 1. The Morgan fingerprint density at radius 2 is 2.23 bits per heavy atom. The van der Waals surface area contributed by atoms with Gasteiger partial charge in [0.2, 0.25) is 0 Å². The number of hydrogen-bond acceptors (Lipinski definition) is 5. The number of nitrogen functional groups attached to an aromatic ring is 1. The minimum Gasteiger partial charge on any atom is -0.375 e. The summed E-state index contributed by atoms with van der Waals surface area (Å²) in [5.74, 6) is 0. The summed E-state index contributed by atoms with van der Waals surface area (Å²) >= 11 is 1.41. The molecule has 0 saturated heterocycles. The van der Waals surface area contributed by atoms with Crippen LogP contribution in [0.3, 0.4) is 0 Å². The second-order valence-electron chi connectivity index (χ2n) is 2.37. The van der Waals surface area contributed by atoms with E-state index in [4.69, 9.17) is 5.73 Å². The number of anilines is 1. The lowest BCUT2D eigenvalue weighted by Gasteiger charge is -1.80. The fourth-order valence-corrected chi connectivity index (χ4v) is 1.39. The first kappa shape index (κ1) is 8.00. The fraction of sp³-hybridized carbons (Fsp3) is 0. The highest BCUT2D eigenvalue weighted by Crippen LogP contribution is 2.13. The Morgan fingerprint density at radius 3 is 2.85 bits per heavy atom. The van der Waals surface area contributed by atoms with Gasteiger partial charge in [-0.2, -0.15) is 0 Å². The third-order valence-electron chi connectivity index (χ3n) is 1.42. The van der Waals surface area contributed by atoms with Crippen molar-refractivity contribution in [3.05, 3.63) is 29.1 Å². The van der Waals surface area contributed by atoms with Gasteiger partial charge in [-0.3, -0.25) is 0 Å². The first-order valence-corrected chi connectivity index (χ1v) is 4.52. The van der Waals surface area contributed by atoms with Crippen molar-refractivity contribution in [1.82, 2.24) is 10.1 Å². The van der Waals surface area contributed by atoms with E-state index in [2.05, 4.69) is 14.7 Å². The van der Waals surface area contributed by atoms with Crippen molar-refractivity contribution in [3.8, 4) is 0 Å². The maximum Gasteiger partial charge on any atom is 0.180 e. The van der Waals surface area contributed by atoms with Crippen molar-refractivity contribution in [2.75, 3.05) is 5.73 Å². The summed E-state index contributed by atoms with van der Waals surface area (Å²) in [6.45, 7) is 0. The number of rotatable bonds is 2. The van der Waals surface area contributed by atoms with Crippen LogP contribution in [0, 0.1) is 0 Å². The van der Waals surface area contributed by atoms with E-state index in [1.165, 1.54) is 17.6 Å². The van der Waals surface area contributed by atoms with Gasteiger partial charge in [-0.25, -0.2) is 4.98 Å². The lowest BCUT2D eigenvalue weighted by Crippen LogP contribution is -1.80. The molecule has 0 amide bonds. The zero-order chi connectivity index (χ0) is 9.10. The second-order valence-corrected chi connectivity index (χ2v) is 3.26. The second kappa shape index (κ2) is 3.40. The van der Waals surface area contributed by atoms with Gasteiger partial charge in [0.25, 0.3) is 0 Å². The molecule has 0 aliphatic carbocycles. The monoisotopic (exact) mass is 193 g/mol. The summed E-state index contributed by atoms with van der Waals surface area (Å²) in [4.78, 5) is 4.06. The predicted octanol–water partition coefficient (Wildman–Crippen LogP) is 1.88. The van der Waals surface area contributed by atoms with E-state index < -0.39 is 0 Å². The lowest BCUT2D eigenvalue weighted by molar-refractivity contribution is 0.418. The third kappa shape index (κ3) is 1.94. The van der Waals surface area contributed by atoms with Gasteiger partial charge in [0.15, 0.2) is 5.13 Å². The third-order valence-corrected chi connectivity index (χ3v) is 2.11. The first-order valence-electron chi connectivity index (χ1n) is 3.64. The van der Waals surface area contributed by atoms with Crippen molar-refractivity contribution in [3.63, 3.8) is 0 Å². The molecule has 4 nitrogen and oxygen atoms in total. The molecule has 2 rings (SSSR count). The Morgan fingerprint density at radius 1 is 1.38 bits per heavy atom. The lowest BCUT2D eigenvalue weighted by atomic mass is 10.3. The average Bonchev–Trinajstić information content (AvgIpc) is 2.71. The molecule has 0 fully saturated rings. The molecule has 2 heterocycles. The molecule has 0 bridgehead atoms. The van der Waals surface area contributed by atoms with Crippen molar-refractivity contribution < 1.29 is 4.52 Å². The van der Waals surface area contributed by atoms with Crippen LogP contribution < -0.4 is 5.73 Å². The van der Waals surface area contributed by atoms with Gasteiger partial charge in [0.1, 0.15) is 12.0 Å². The minimum absolute atomic E-state index is 0.569. The SMILES string of the molecule is Nc1nc(C=Cc2ccon2)cs1. The first-order chi connectivity index (χ1) is 6.34.